The first-order chi connectivity index (χ1) is 17.3. The predicted octanol–water partition coefficient (Wildman–Crippen LogP) is 4.56. The number of carbonyl (C=O) groups excluding carboxylic acids is 1. The van der Waals surface area contributed by atoms with E-state index in [2.05, 4.69) is 27.5 Å². The first kappa shape index (κ1) is 24.6. The van der Waals surface area contributed by atoms with Crippen LogP contribution in [0.25, 0.3) is 11.2 Å². The smallest absolute Gasteiger partial charge is 0.224 e. The minimum absolute atomic E-state index is 0.0437. The molecule has 0 unspecified atom stereocenters. The van der Waals surface area contributed by atoms with Crippen LogP contribution < -0.4 is 16.4 Å². The van der Waals surface area contributed by atoms with E-state index in [0.717, 1.165) is 18.6 Å². The lowest BCUT2D eigenvalue weighted by atomic mass is 9.85. The number of benzene rings is 1. The van der Waals surface area contributed by atoms with Gasteiger partial charge in [0, 0.05) is 29.6 Å². The van der Waals surface area contributed by atoms with Gasteiger partial charge in [-0.2, -0.15) is 4.98 Å². The number of carbonyl (C=O) groups is 1. The van der Waals surface area contributed by atoms with Gasteiger partial charge in [-0.3, -0.25) is 9.36 Å². The number of primary amides is 1. The largest absolute Gasteiger partial charge is 0.381 e. The van der Waals surface area contributed by atoms with Gasteiger partial charge >= 0.3 is 0 Å². The highest BCUT2D eigenvalue weighted by Gasteiger charge is 2.30. The molecule has 1 aliphatic heterocycles. The van der Waals surface area contributed by atoms with Gasteiger partial charge in [0.25, 0.3) is 0 Å². The number of nitrogens with zero attached hydrogens (tertiary/aromatic N) is 4. The number of hydrogen-bond acceptors (Lipinski definition) is 7. The number of ether oxygens (including phenoxy) is 1. The molecule has 2 fully saturated rings. The third-order valence-corrected chi connectivity index (χ3v) is 7.31. The molecule has 0 spiro atoms. The van der Waals surface area contributed by atoms with Crippen molar-refractivity contribution in [3.05, 3.63) is 35.0 Å². The first-order valence-electron chi connectivity index (χ1n) is 12.1. The number of nitrogens with one attached hydrogen (secondary N) is 2. The summed E-state index contributed by atoms with van der Waals surface area (Å²) in [6.07, 6.45) is 4.93. The Morgan fingerprint density at radius 3 is 2.56 bits per heavy atom. The molecule has 2 atom stereocenters. The molecule has 0 radical (unpaired) electrons. The Labute approximate surface area is 211 Å². The van der Waals surface area contributed by atoms with Crippen molar-refractivity contribution < 1.29 is 18.3 Å². The van der Waals surface area contributed by atoms with Crippen LogP contribution in [0.3, 0.4) is 0 Å². The fraction of sp³-hybridized carbons (Fsp3) is 0.500. The number of imidazole rings is 1. The zero-order chi connectivity index (χ0) is 25.4. The molecule has 1 saturated carbocycles. The van der Waals surface area contributed by atoms with Gasteiger partial charge in [-0.25, -0.2) is 18.7 Å². The van der Waals surface area contributed by atoms with Crippen LogP contribution in [0.2, 0.25) is 5.02 Å². The number of aromatic nitrogens is 4. The van der Waals surface area contributed by atoms with Crippen LogP contribution in [-0.4, -0.2) is 44.7 Å². The zero-order valence-electron chi connectivity index (χ0n) is 19.8. The summed E-state index contributed by atoms with van der Waals surface area (Å²) in [7, 11) is 0. The second kappa shape index (κ2) is 10.1. The molecule has 36 heavy (non-hydrogen) atoms. The van der Waals surface area contributed by atoms with E-state index < -0.39 is 11.6 Å². The lowest BCUT2D eigenvalue weighted by molar-refractivity contribution is -0.122. The van der Waals surface area contributed by atoms with Crippen molar-refractivity contribution in [3.63, 3.8) is 0 Å². The van der Waals surface area contributed by atoms with Crippen LogP contribution in [0.4, 0.5) is 26.4 Å². The van der Waals surface area contributed by atoms with Gasteiger partial charge < -0.3 is 21.1 Å². The van der Waals surface area contributed by atoms with Gasteiger partial charge in [-0.15, -0.1) is 0 Å². The van der Waals surface area contributed by atoms with E-state index in [9.17, 15) is 13.6 Å². The Balaban J connectivity index is 1.53. The second-order valence-electron chi connectivity index (χ2n) is 9.58. The lowest BCUT2D eigenvalue weighted by Gasteiger charge is -2.30. The Bertz CT molecular complexity index is 1260. The van der Waals surface area contributed by atoms with Crippen LogP contribution in [0.1, 0.15) is 45.1 Å². The van der Waals surface area contributed by atoms with Crippen LogP contribution in [-0.2, 0) is 9.53 Å². The number of hydrogen-bond donors (Lipinski definition) is 3. The van der Waals surface area contributed by atoms with E-state index in [1.807, 2.05) is 4.57 Å². The number of amides is 1. The summed E-state index contributed by atoms with van der Waals surface area (Å²) in [6, 6.07) is 2.13. The van der Waals surface area contributed by atoms with Crippen molar-refractivity contribution in [2.24, 2.45) is 17.6 Å². The molecule has 0 bridgehead atoms. The molecule has 3 heterocycles. The van der Waals surface area contributed by atoms with Gasteiger partial charge in [-0.05, 0) is 50.2 Å². The minimum atomic E-state index is -0.835. The zero-order valence-corrected chi connectivity index (χ0v) is 20.6. The van der Waals surface area contributed by atoms with E-state index in [1.54, 1.807) is 6.20 Å². The maximum absolute atomic E-state index is 14.6. The summed E-state index contributed by atoms with van der Waals surface area (Å²) in [6.45, 7) is 3.43. The molecule has 2 aliphatic rings. The molecule has 12 heteroatoms. The fourth-order valence-corrected chi connectivity index (χ4v) is 5.24. The average Bonchev–Trinajstić information content (AvgIpc) is 3.20. The second-order valence-corrected chi connectivity index (χ2v) is 10.0. The average molecular weight is 520 g/mol. The number of anilines is 3. The summed E-state index contributed by atoms with van der Waals surface area (Å²) >= 11 is 5.79. The van der Waals surface area contributed by atoms with Gasteiger partial charge in [0.15, 0.2) is 17.3 Å². The van der Waals surface area contributed by atoms with Gasteiger partial charge in [0.2, 0.25) is 17.8 Å². The van der Waals surface area contributed by atoms with E-state index in [1.165, 1.54) is 0 Å². The van der Waals surface area contributed by atoms with Crippen molar-refractivity contribution in [1.29, 1.82) is 0 Å². The van der Waals surface area contributed by atoms with Crippen LogP contribution in [0.5, 0.6) is 0 Å². The van der Waals surface area contributed by atoms with Crippen molar-refractivity contribution in [1.82, 2.24) is 19.5 Å². The highest BCUT2D eigenvalue weighted by Crippen LogP contribution is 2.38. The molecule has 4 N–H and O–H groups in total. The Kier molecular flexibility index (Phi) is 6.94. The first-order valence-corrected chi connectivity index (χ1v) is 12.5. The van der Waals surface area contributed by atoms with Crippen molar-refractivity contribution in [2.45, 2.75) is 51.1 Å². The fourth-order valence-electron chi connectivity index (χ4n) is 5.05. The molecule has 5 rings (SSSR count). The maximum atomic E-state index is 14.6. The summed E-state index contributed by atoms with van der Waals surface area (Å²) in [5.41, 5.74) is 6.18. The summed E-state index contributed by atoms with van der Waals surface area (Å²) in [5.74, 6) is -1.20. The predicted molar refractivity (Wildman–Crippen MR) is 132 cm³/mol. The molecule has 1 amide bonds. The van der Waals surface area contributed by atoms with Crippen molar-refractivity contribution >= 4 is 46.3 Å². The van der Waals surface area contributed by atoms with Crippen LogP contribution >= 0.6 is 11.6 Å². The third-order valence-electron chi connectivity index (χ3n) is 7.10. The molecule has 1 saturated heterocycles. The van der Waals surface area contributed by atoms with E-state index >= 15 is 0 Å². The Morgan fingerprint density at radius 1 is 1.17 bits per heavy atom. The standard InChI is InChI=1S/C24H28ClF2N7O2/c1-12-11-36-7-6-18(12)30-23-29-10-19-22(33-23)34(15-4-2-13(3-5-15)21(28)35)24(31-19)32-20-16(26)8-14(25)9-17(20)27/h8-10,12-13,15,18H,2-7,11H2,1H3,(H2,28,35)(H,31,32)(H,29,30,33)/t12-,13?,15?,18+/m1/s1. The van der Waals surface area contributed by atoms with E-state index in [-0.39, 0.29) is 40.6 Å². The highest BCUT2D eigenvalue weighted by atomic mass is 35.5. The SMILES string of the molecule is C[C@@H]1COCC[C@@H]1Nc1ncc2nc(Nc3c(F)cc(Cl)cc3F)n(C3CCC(C(N)=O)CC3)c2n1. The third kappa shape index (κ3) is 4.94. The number of nitrogens with two attached hydrogens (primary N) is 1. The number of fused-ring (bicyclic) bond motifs is 1. The van der Waals surface area contributed by atoms with E-state index in [0.29, 0.717) is 61.9 Å². The van der Waals surface area contributed by atoms with Crippen LogP contribution in [0, 0.1) is 23.5 Å². The molecule has 9 nitrogen and oxygen atoms in total. The summed E-state index contributed by atoms with van der Waals surface area (Å²) in [4.78, 5) is 25.4. The molecule has 3 aromatic rings. The molecule has 2 aromatic heterocycles. The van der Waals surface area contributed by atoms with Crippen molar-refractivity contribution in [3.8, 4) is 0 Å². The summed E-state index contributed by atoms with van der Waals surface area (Å²) < 4.78 is 36.6. The molecule has 1 aromatic carbocycles. The number of rotatable bonds is 6. The Morgan fingerprint density at radius 2 is 1.89 bits per heavy atom. The Hall–Kier alpha value is -3.05. The molecule has 192 valence electrons. The quantitative estimate of drug-likeness (QED) is 0.437. The monoisotopic (exact) mass is 519 g/mol. The van der Waals surface area contributed by atoms with Gasteiger partial charge in [0.1, 0.15) is 11.2 Å². The topological polar surface area (TPSA) is 120 Å². The van der Waals surface area contributed by atoms with Gasteiger partial charge in [0.05, 0.1) is 12.8 Å². The normalized spacial score (nSPS) is 24.6. The molecular formula is C24H28ClF2N7O2. The van der Waals surface area contributed by atoms with Gasteiger partial charge in [-0.1, -0.05) is 18.5 Å². The van der Waals surface area contributed by atoms with Crippen LogP contribution in [0.15, 0.2) is 18.3 Å². The van der Waals surface area contributed by atoms with Crippen molar-refractivity contribution in [2.75, 3.05) is 23.8 Å². The maximum Gasteiger partial charge on any atom is 0.224 e. The highest BCUT2D eigenvalue weighted by molar-refractivity contribution is 6.30. The lowest BCUT2D eigenvalue weighted by Crippen LogP contribution is -2.36. The molecule has 1 aliphatic carbocycles. The molecular weight excluding hydrogens is 492 g/mol. The van der Waals surface area contributed by atoms with E-state index in [4.69, 9.17) is 27.1 Å². The number of halogens is 3. The minimum Gasteiger partial charge on any atom is -0.381 e. The summed E-state index contributed by atoms with van der Waals surface area (Å²) in [5, 5.41) is 6.17.